The number of hydrogen-bond acceptors (Lipinski definition) is 1. The van der Waals surface area contributed by atoms with Crippen molar-refractivity contribution < 1.29 is 0 Å². The fourth-order valence-corrected chi connectivity index (χ4v) is 8.86. The lowest BCUT2D eigenvalue weighted by Gasteiger charge is -2.19. The topological polar surface area (TPSA) is 0 Å². The number of fused-ring (bicyclic) bond motifs is 8. The molecule has 0 fully saturated rings. The Hall–Kier alpha value is -5.76. The first kappa shape index (κ1) is 26.5. The van der Waals surface area contributed by atoms with Crippen LogP contribution in [0.3, 0.4) is 0 Å². The molecular formula is C46H28S. The summed E-state index contributed by atoms with van der Waals surface area (Å²) in [4.78, 5) is 0. The van der Waals surface area contributed by atoms with Crippen LogP contribution in [0, 0.1) is 0 Å². The average molecular weight is 613 g/mol. The molecule has 0 unspecified atom stereocenters. The van der Waals surface area contributed by atoms with Gasteiger partial charge in [-0.3, -0.25) is 0 Å². The third-order valence-electron chi connectivity index (χ3n) is 9.84. The summed E-state index contributed by atoms with van der Waals surface area (Å²) in [5, 5.41) is 12.9. The van der Waals surface area contributed by atoms with Gasteiger partial charge in [0.25, 0.3) is 0 Å². The van der Waals surface area contributed by atoms with Gasteiger partial charge in [0.1, 0.15) is 0 Å². The molecule has 9 aromatic carbocycles. The van der Waals surface area contributed by atoms with Gasteiger partial charge in [0.05, 0.1) is 0 Å². The molecule has 1 heteroatoms. The van der Waals surface area contributed by atoms with Gasteiger partial charge in [0.2, 0.25) is 0 Å². The summed E-state index contributed by atoms with van der Waals surface area (Å²) in [7, 11) is 0. The molecule has 1 aromatic heterocycles. The van der Waals surface area contributed by atoms with Crippen LogP contribution < -0.4 is 0 Å². The number of hydrogen-bond donors (Lipinski definition) is 0. The summed E-state index contributed by atoms with van der Waals surface area (Å²) in [5.74, 6) is 0. The summed E-state index contributed by atoms with van der Waals surface area (Å²) >= 11 is 1.88. The number of thiophene rings is 1. The predicted octanol–water partition coefficient (Wildman–Crippen LogP) is 13.7. The molecule has 47 heavy (non-hydrogen) atoms. The highest BCUT2D eigenvalue weighted by Crippen LogP contribution is 2.47. The molecule has 0 bridgehead atoms. The second-order valence-corrected chi connectivity index (χ2v) is 13.5. The molecule has 0 amide bonds. The summed E-state index contributed by atoms with van der Waals surface area (Å²) in [6, 6.07) is 62.7. The van der Waals surface area contributed by atoms with E-state index in [0.29, 0.717) is 0 Å². The maximum absolute atomic E-state index is 2.37. The third-order valence-corrected chi connectivity index (χ3v) is 11.0. The van der Waals surface area contributed by atoms with Crippen LogP contribution in [-0.4, -0.2) is 0 Å². The van der Waals surface area contributed by atoms with Crippen molar-refractivity contribution in [2.45, 2.75) is 0 Å². The van der Waals surface area contributed by atoms with Crippen molar-refractivity contribution in [1.29, 1.82) is 0 Å². The summed E-state index contributed by atoms with van der Waals surface area (Å²) < 4.78 is 2.68. The van der Waals surface area contributed by atoms with E-state index in [1.165, 1.54) is 96.6 Å². The van der Waals surface area contributed by atoms with Crippen molar-refractivity contribution in [3.05, 3.63) is 170 Å². The SMILES string of the molecule is c1ccc(-c2ccc3cc(-c4c5ccccc5c(-c5cccc6c5ccc5sc7ccccc7c56)c5ccccc45)ccc3c2)cc1. The van der Waals surface area contributed by atoms with E-state index in [9.17, 15) is 0 Å². The molecule has 10 aromatic rings. The zero-order valence-electron chi connectivity index (χ0n) is 25.6. The minimum absolute atomic E-state index is 1.24. The van der Waals surface area contributed by atoms with Crippen LogP contribution in [0.1, 0.15) is 0 Å². The molecule has 0 N–H and O–H groups in total. The van der Waals surface area contributed by atoms with Gasteiger partial charge in [-0.2, -0.15) is 0 Å². The fourth-order valence-electron chi connectivity index (χ4n) is 7.74. The molecule has 0 nitrogen and oxygen atoms in total. The maximum Gasteiger partial charge on any atom is 0.0361 e. The van der Waals surface area contributed by atoms with Gasteiger partial charge in [-0.1, -0.05) is 146 Å². The van der Waals surface area contributed by atoms with Crippen LogP contribution in [0.4, 0.5) is 0 Å². The lowest BCUT2D eigenvalue weighted by Crippen LogP contribution is -1.92. The number of rotatable bonds is 3. The highest BCUT2D eigenvalue weighted by Gasteiger charge is 2.19. The Labute approximate surface area is 276 Å². The van der Waals surface area contributed by atoms with Gasteiger partial charge in [-0.05, 0) is 101 Å². The van der Waals surface area contributed by atoms with Gasteiger partial charge in [0, 0.05) is 20.2 Å². The lowest BCUT2D eigenvalue weighted by atomic mass is 9.84. The molecule has 218 valence electrons. The largest absolute Gasteiger partial charge is 0.135 e. The molecule has 0 radical (unpaired) electrons. The van der Waals surface area contributed by atoms with Crippen molar-refractivity contribution in [2.24, 2.45) is 0 Å². The van der Waals surface area contributed by atoms with Gasteiger partial charge >= 0.3 is 0 Å². The third kappa shape index (κ3) is 4.07. The van der Waals surface area contributed by atoms with E-state index >= 15 is 0 Å². The van der Waals surface area contributed by atoms with Crippen molar-refractivity contribution in [2.75, 3.05) is 0 Å². The first-order chi connectivity index (χ1) is 23.3. The molecule has 1 heterocycles. The molecule has 0 aliphatic carbocycles. The molecule has 0 spiro atoms. The summed E-state index contributed by atoms with van der Waals surface area (Å²) in [5.41, 5.74) is 7.61. The first-order valence-electron chi connectivity index (χ1n) is 16.2. The van der Waals surface area contributed by atoms with E-state index < -0.39 is 0 Å². The van der Waals surface area contributed by atoms with Crippen LogP contribution in [-0.2, 0) is 0 Å². The maximum atomic E-state index is 2.37. The van der Waals surface area contributed by atoms with E-state index in [4.69, 9.17) is 0 Å². The number of benzene rings is 9. The Morgan fingerprint density at radius 2 is 0.872 bits per heavy atom. The van der Waals surface area contributed by atoms with Gasteiger partial charge in [-0.25, -0.2) is 0 Å². The summed E-state index contributed by atoms with van der Waals surface area (Å²) in [6.45, 7) is 0. The van der Waals surface area contributed by atoms with Crippen molar-refractivity contribution in [3.8, 4) is 33.4 Å². The second kappa shape index (κ2) is 10.4. The molecular weight excluding hydrogens is 585 g/mol. The Kier molecular flexibility index (Phi) is 5.85. The minimum Gasteiger partial charge on any atom is -0.135 e. The van der Waals surface area contributed by atoms with Gasteiger partial charge in [-0.15, -0.1) is 11.3 Å². The van der Waals surface area contributed by atoms with Crippen LogP contribution in [0.25, 0.3) is 96.6 Å². The quantitative estimate of drug-likeness (QED) is 0.174. The van der Waals surface area contributed by atoms with E-state index in [1.807, 2.05) is 11.3 Å². The fraction of sp³-hybridized carbons (Fsp3) is 0. The predicted molar refractivity (Wildman–Crippen MR) is 206 cm³/mol. The normalized spacial score (nSPS) is 11.8. The van der Waals surface area contributed by atoms with Crippen molar-refractivity contribution >= 4 is 74.6 Å². The second-order valence-electron chi connectivity index (χ2n) is 12.4. The van der Waals surface area contributed by atoms with E-state index in [0.717, 1.165) is 0 Å². The van der Waals surface area contributed by atoms with Crippen LogP contribution in [0.5, 0.6) is 0 Å². The summed E-state index contributed by atoms with van der Waals surface area (Å²) in [6.07, 6.45) is 0. The molecule has 0 saturated heterocycles. The zero-order valence-corrected chi connectivity index (χ0v) is 26.4. The Morgan fingerprint density at radius 3 is 1.60 bits per heavy atom. The Bertz CT molecular complexity index is 2780. The average Bonchev–Trinajstić information content (AvgIpc) is 3.53. The van der Waals surface area contributed by atoms with Gasteiger partial charge < -0.3 is 0 Å². The Morgan fingerprint density at radius 1 is 0.298 bits per heavy atom. The van der Waals surface area contributed by atoms with Crippen LogP contribution in [0.2, 0.25) is 0 Å². The zero-order chi connectivity index (χ0) is 30.9. The highest BCUT2D eigenvalue weighted by atomic mass is 32.1. The molecule has 0 aliphatic heterocycles. The van der Waals surface area contributed by atoms with Gasteiger partial charge in [0.15, 0.2) is 0 Å². The van der Waals surface area contributed by atoms with Crippen LogP contribution in [0.15, 0.2) is 170 Å². The van der Waals surface area contributed by atoms with E-state index in [1.54, 1.807) is 0 Å². The van der Waals surface area contributed by atoms with Crippen molar-refractivity contribution in [1.82, 2.24) is 0 Å². The Balaban J connectivity index is 1.24. The molecule has 0 aliphatic rings. The molecule has 0 saturated carbocycles. The minimum atomic E-state index is 1.24. The van der Waals surface area contributed by atoms with Crippen LogP contribution >= 0.6 is 11.3 Å². The lowest BCUT2D eigenvalue weighted by molar-refractivity contribution is 1.64. The molecule has 10 rings (SSSR count). The standard InChI is InChI=1S/C46H28S/c1-2-11-29(12-3-1)30-21-22-32-28-33(24-23-31(32)27-30)44-37-13-4-6-15-39(37)45(40-16-7-5-14-38(40)44)35-18-10-19-36-34(35)25-26-43-46(36)41-17-8-9-20-42(41)47-43/h1-28H. The van der Waals surface area contributed by atoms with E-state index in [-0.39, 0.29) is 0 Å². The van der Waals surface area contributed by atoms with E-state index in [2.05, 4.69) is 170 Å². The monoisotopic (exact) mass is 612 g/mol. The smallest absolute Gasteiger partial charge is 0.0361 e. The van der Waals surface area contributed by atoms with Crippen molar-refractivity contribution in [3.63, 3.8) is 0 Å². The first-order valence-corrected chi connectivity index (χ1v) is 17.0. The highest BCUT2D eigenvalue weighted by molar-refractivity contribution is 7.26. The molecule has 0 atom stereocenters.